The lowest BCUT2D eigenvalue weighted by Crippen LogP contribution is -2.17. The highest BCUT2D eigenvalue weighted by atomic mass is 16.5. The van der Waals surface area contributed by atoms with Crippen molar-refractivity contribution in [3.63, 3.8) is 0 Å². The molecule has 9 aromatic rings. The van der Waals surface area contributed by atoms with E-state index in [4.69, 9.17) is 4.74 Å². The van der Waals surface area contributed by atoms with Crippen LogP contribution in [0, 0.1) is 0 Å². The van der Waals surface area contributed by atoms with Gasteiger partial charge in [0.2, 0.25) is 0 Å². The molecular weight excluding hydrogens is 691 g/mol. The number of nitrogens with zero attached hydrogens (tertiary/aromatic N) is 1. The Kier molecular flexibility index (Phi) is 7.55. The number of fused-ring (bicyclic) bond motifs is 9. The molecule has 1 aliphatic heterocycles. The lowest BCUT2D eigenvalue weighted by atomic mass is 9.82. The molecule has 0 radical (unpaired) electrons. The molecule has 1 aliphatic carbocycles. The van der Waals surface area contributed by atoms with Gasteiger partial charge in [0.25, 0.3) is 0 Å². The first-order valence-corrected chi connectivity index (χ1v) is 19.8. The van der Waals surface area contributed by atoms with Gasteiger partial charge >= 0.3 is 0 Å². The first-order chi connectivity index (χ1) is 28.0. The average molecular weight is 730 g/mol. The fourth-order valence-electron chi connectivity index (χ4n) is 9.18. The molecule has 0 atom stereocenters. The molecule has 270 valence electrons. The van der Waals surface area contributed by atoms with Crippen molar-refractivity contribution in [3.8, 4) is 67.1 Å². The van der Waals surface area contributed by atoms with Gasteiger partial charge in [0.15, 0.2) is 0 Å². The van der Waals surface area contributed by atoms with Crippen LogP contribution in [0.15, 0.2) is 200 Å². The third-order valence-corrected chi connectivity index (χ3v) is 12.1. The molecule has 2 aliphatic rings. The second kappa shape index (κ2) is 13.0. The lowest BCUT2D eigenvalue weighted by Gasteiger charge is -2.30. The first kappa shape index (κ1) is 33.2. The highest BCUT2D eigenvalue weighted by molar-refractivity contribution is 6.05. The second-order valence-corrected chi connectivity index (χ2v) is 15.7. The van der Waals surface area contributed by atoms with Crippen molar-refractivity contribution in [2.24, 2.45) is 0 Å². The van der Waals surface area contributed by atoms with Crippen LogP contribution in [0.1, 0.15) is 25.0 Å². The highest BCUT2D eigenvalue weighted by Crippen LogP contribution is 2.55. The Bertz CT molecular complexity index is 3000. The fraction of sp³-hybridized carbons (Fsp3) is 0.0545. The van der Waals surface area contributed by atoms with Gasteiger partial charge in [-0.1, -0.05) is 153 Å². The van der Waals surface area contributed by atoms with Crippen molar-refractivity contribution in [3.05, 3.63) is 211 Å². The molecule has 1 heterocycles. The largest absolute Gasteiger partial charge is 0.456 e. The van der Waals surface area contributed by atoms with E-state index >= 15 is 0 Å². The van der Waals surface area contributed by atoms with Crippen molar-refractivity contribution < 1.29 is 4.74 Å². The maximum atomic E-state index is 7.06. The zero-order valence-electron chi connectivity index (χ0n) is 31.9. The van der Waals surface area contributed by atoms with E-state index in [1.165, 1.54) is 49.7 Å². The molecule has 0 saturated heterocycles. The van der Waals surface area contributed by atoms with Gasteiger partial charge in [-0.05, 0) is 127 Å². The molecule has 0 saturated carbocycles. The summed E-state index contributed by atoms with van der Waals surface area (Å²) in [4.78, 5) is 2.43. The van der Waals surface area contributed by atoms with Gasteiger partial charge in [0.05, 0.1) is 5.69 Å². The number of anilines is 3. The zero-order chi connectivity index (χ0) is 38.1. The van der Waals surface area contributed by atoms with Crippen LogP contribution in [0.3, 0.4) is 0 Å². The molecule has 2 nitrogen and oxygen atoms in total. The lowest BCUT2D eigenvalue weighted by molar-refractivity contribution is 0.488. The molecule has 11 rings (SSSR count). The minimum atomic E-state index is -0.148. The average Bonchev–Trinajstić information content (AvgIpc) is 3.40. The number of hydrogen-bond donors (Lipinski definition) is 0. The normalized spacial score (nSPS) is 13.0. The highest BCUT2D eigenvalue weighted by Gasteiger charge is 2.36. The third-order valence-electron chi connectivity index (χ3n) is 12.1. The Morgan fingerprint density at radius 3 is 1.72 bits per heavy atom. The maximum absolute atomic E-state index is 7.06. The third kappa shape index (κ3) is 5.40. The van der Waals surface area contributed by atoms with Crippen molar-refractivity contribution in [1.29, 1.82) is 0 Å². The minimum Gasteiger partial charge on any atom is -0.456 e. The Hall–Kier alpha value is -7.16. The number of ether oxygens (including phenoxy) is 1. The molecule has 9 aromatic carbocycles. The van der Waals surface area contributed by atoms with Crippen molar-refractivity contribution in [2.75, 3.05) is 4.90 Å². The quantitative estimate of drug-likeness (QED) is 0.175. The summed E-state index contributed by atoms with van der Waals surface area (Å²) < 4.78 is 7.06. The summed E-state index contributed by atoms with van der Waals surface area (Å²) in [5.41, 5.74) is 17.6. The van der Waals surface area contributed by atoms with Crippen LogP contribution in [-0.4, -0.2) is 0 Å². The van der Waals surface area contributed by atoms with Crippen LogP contribution >= 0.6 is 0 Å². The van der Waals surface area contributed by atoms with E-state index in [1.807, 2.05) is 0 Å². The first-order valence-electron chi connectivity index (χ1n) is 19.8. The Morgan fingerprint density at radius 2 is 0.965 bits per heavy atom. The van der Waals surface area contributed by atoms with Crippen LogP contribution in [-0.2, 0) is 5.41 Å². The van der Waals surface area contributed by atoms with Gasteiger partial charge in [0, 0.05) is 27.9 Å². The second-order valence-electron chi connectivity index (χ2n) is 15.7. The minimum absolute atomic E-state index is 0.148. The molecule has 2 heteroatoms. The Balaban J connectivity index is 1.16. The van der Waals surface area contributed by atoms with Crippen molar-refractivity contribution >= 4 is 27.8 Å². The Morgan fingerprint density at radius 1 is 0.368 bits per heavy atom. The van der Waals surface area contributed by atoms with Crippen molar-refractivity contribution in [1.82, 2.24) is 0 Å². The summed E-state index contributed by atoms with van der Waals surface area (Å²) in [6, 6.07) is 72.6. The summed E-state index contributed by atoms with van der Waals surface area (Å²) in [6.45, 7) is 4.70. The molecule has 0 spiro atoms. The van der Waals surface area contributed by atoms with Gasteiger partial charge in [0.1, 0.15) is 11.5 Å². The van der Waals surface area contributed by atoms with Crippen LogP contribution in [0.5, 0.6) is 11.5 Å². The zero-order valence-corrected chi connectivity index (χ0v) is 31.9. The van der Waals surface area contributed by atoms with Crippen LogP contribution < -0.4 is 9.64 Å². The van der Waals surface area contributed by atoms with Gasteiger partial charge in [-0.25, -0.2) is 0 Å². The SMILES string of the molecule is CC1(C)c2ccccc2-c2ccc(N(c3ccc(-c4ccccc4)cc3)c3cccc4c3-c3cc5ccccc5cc3-c3cc(-c5ccccc5)ccc3O4)cc21. The molecule has 0 aromatic heterocycles. The molecular formula is C55H39NO. The van der Waals surface area contributed by atoms with Gasteiger partial charge < -0.3 is 9.64 Å². The smallest absolute Gasteiger partial charge is 0.137 e. The van der Waals surface area contributed by atoms with Crippen LogP contribution in [0.4, 0.5) is 17.1 Å². The van der Waals surface area contributed by atoms with Gasteiger partial charge in [-0.2, -0.15) is 0 Å². The monoisotopic (exact) mass is 729 g/mol. The van der Waals surface area contributed by atoms with Gasteiger partial charge in [-0.3, -0.25) is 0 Å². The van der Waals surface area contributed by atoms with Gasteiger partial charge in [-0.15, -0.1) is 0 Å². The summed E-state index contributed by atoms with van der Waals surface area (Å²) in [7, 11) is 0. The van der Waals surface area contributed by atoms with Crippen LogP contribution in [0.2, 0.25) is 0 Å². The number of rotatable bonds is 5. The van der Waals surface area contributed by atoms with Crippen LogP contribution in [0.25, 0.3) is 66.4 Å². The molecule has 0 unspecified atom stereocenters. The van der Waals surface area contributed by atoms with E-state index in [2.05, 4.69) is 219 Å². The summed E-state index contributed by atoms with van der Waals surface area (Å²) in [6.07, 6.45) is 0. The molecule has 57 heavy (non-hydrogen) atoms. The molecule has 0 N–H and O–H groups in total. The standard InChI is InChI=1S/C55H39NO/c1-55(2)49-21-12-11-20-44(49)45-30-29-43(35-50(45)55)56(42-27-24-38(25-28-42)36-14-5-3-6-15-36)51-22-13-23-53-54(51)48-34-40-19-10-9-18-39(40)32-46(48)47-33-41(26-31-52(47)57-53)37-16-7-4-8-17-37/h3-35H,1-2H3. The van der Waals surface area contributed by atoms with E-state index in [1.54, 1.807) is 0 Å². The Labute approximate surface area is 333 Å². The predicted molar refractivity (Wildman–Crippen MR) is 238 cm³/mol. The molecule has 0 bridgehead atoms. The van der Waals surface area contributed by atoms with E-state index in [0.29, 0.717) is 0 Å². The molecule has 0 fully saturated rings. The number of benzene rings is 9. The van der Waals surface area contributed by atoms with E-state index in [9.17, 15) is 0 Å². The summed E-state index contributed by atoms with van der Waals surface area (Å²) in [5.74, 6) is 1.67. The summed E-state index contributed by atoms with van der Waals surface area (Å²) >= 11 is 0. The predicted octanol–water partition coefficient (Wildman–Crippen LogP) is 15.4. The fourth-order valence-corrected chi connectivity index (χ4v) is 9.18. The summed E-state index contributed by atoms with van der Waals surface area (Å²) in [5, 5.41) is 2.39. The maximum Gasteiger partial charge on any atom is 0.137 e. The number of hydrogen-bond acceptors (Lipinski definition) is 2. The molecule has 0 amide bonds. The topological polar surface area (TPSA) is 12.5 Å². The van der Waals surface area contributed by atoms with E-state index in [-0.39, 0.29) is 5.41 Å². The van der Waals surface area contributed by atoms with E-state index < -0.39 is 0 Å². The van der Waals surface area contributed by atoms with Crippen molar-refractivity contribution in [2.45, 2.75) is 19.3 Å². The van der Waals surface area contributed by atoms with E-state index in [0.717, 1.165) is 56.4 Å².